The fraction of sp³-hybridized carbons (Fsp3) is 0.316. The third-order valence-corrected chi connectivity index (χ3v) is 4.31. The molecule has 0 saturated carbocycles. The molecule has 0 unspecified atom stereocenters. The summed E-state index contributed by atoms with van der Waals surface area (Å²) in [4.78, 5) is 14.7. The lowest BCUT2D eigenvalue weighted by Gasteiger charge is -2.31. The second kappa shape index (κ2) is 6.84. The molecular formula is C19H20FNO. The third-order valence-electron chi connectivity index (χ3n) is 4.31. The van der Waals surface area contributed by atoms with Gasteiger partial charge in [-0.3, -0.25) is 9.69 Å². The van der Waals surface area contributed by atoms with Crippen LogP contribution in [0, 0.1) is 11.7 Å². The smallest absolute Gasteiger partial charge is 0.166 e. The van der Waals surface area contributed by atoms with Gasteiger partial charge in [-0.1, -0.05) is 42.5 Å². The first-order valence-electron chi connectivity index (χ1n) is 7.78. The van der Waals surface area contributed by atoms with Crippen molar-refractivity contribution in [2.24, 2.45) is 5.92 Å². The number of rotatable bonds is 4. The highest BCUT2D eigenvalue weighted by Gasteiger charge is 2.25. The summed E-state index contributed by atoms with van der Waals surface area (Å²) in [5, 5.41) is 0. The zero-order chi connectivity index (χ0) is 15.4. The predicted octanol–water partition coefficient (Wildman–Crippen LogP) is 3.92. The molecule has 1 aliphatic rings. The topological polar surface area (TPSA) is 20.3 Å². The number of benzene rings is 2. The van der Waals surface area contributed by atoms with Crippen LogP contribution in [0.15, 0.2) is 54.6 Å². The van der Waals surface area contributed by atoms with Crippen LogP contribution in [0.5, 0.6) is 0 Å². The van der Waals surface area contributed by atoms with Gasteiger partial charge < -0.3 is 0 Å². The fourth-order valence-electron chi connectivity index (χ4n) is 3.08. The van der Waals surface area contributed by atoms with Crippen LogP contribution in [0.2, 0.25) is 0 Å². The lowest BCUT2D eigenvalue weighted by Crippen LogP contribution is -2.35. The highest BCUT2D eigenvalue weighted by Crippen LogP contribution is 2.23. The first kappa shape index (κ1) is 14.9. The number of carbonyl (C=O) groups excluding carboxylic acids is 1. The summed E-state index contributed by atoms with van der Waals surface area (Å²) < 4.78 is 13.2. The van der Waals surface area contributed by atoms with Gasteiger partial charge in [0.05, 0.1) is 0 Å². The predicted molar refractivity (Wildman–Crippen MR) is 85.2 cm³/mol. The quantitative estimate of drug-likeness (QED) is 0.797. The van der Waals surface area contributed by atoms with Gasteiger partial charge in [-0.15, -0.1) is 0 Å². The summed E-state index contributed by atoms with van der Waals surface area (Å²) in [6.07, 6.45) is 1.76. The van der Waals surface area contributed by atoms with Crippen LogP contribution in [0.1, 0.15) is 28.8 Å². The van der Waals surface area contributed by atoms with E-state index in [2.05, 4.69) is 4.90 Å². The summed E-state index contributed by atoms with van der Waals surface area (Å²) >= 11 is 0. The van der Waals surface area contributed by atoms with E-state index in [1.165, 1.54) is 6.07 Å². The van der Waals surface area contributed by atoms with Gasteiger partial charge in [0, 0.05) is 18.0 Å². The van der Waals surface area contributed by atoms with Crippen molar-refractivity contribution in [1.82, 2.24) is 4.90 Å². The molecule has 2 aromatic carbocycles. The van der Waals surface area contributed by atoms with Gasteiger partial charge in [0.25, 0.3) is 0 Å². The molecule has 1 saturated heterocycles. The molecule has 3 rings (SSSR count). The van der Waals surface area contributed by atoms with Crippen molar-refractivity contribution in [3.05, 3.63) is 71.5 Å². The minimum absolute atomic E-state index is 0.117. The van der Waals surface area contributed by atoms with Gasteiger partial charge in [0.2, 0.25) is 0 Å². The molecule has 1 heterocycles. The van der Waals surface area contributed by atoms with E-state index in [9.17, 15) is 9.18 Å². The maximum Gasteiger partial charge on any atom is 0.166 e. The average molecular weight is 297 g/mol. The molecule has 0 radical (unpaired) electrons. The van der Waals surface area contributed by atoms with Crippen molar-refractivity contribution in [2.45, 2.75) is 19.4 Å². The number of piperidine rings is 1. The summed E-state index contributed by atoms with van der Waals surface area (Å²) in [6.45, 7) is 2.53. The zero-order valence-electron chi connectivity index (χ0n) is 12.5. The Hall–Kier alpha value is -2.00. The molecule has 0 aromatic heterocycles. The number of carbonyl (C=O) groups is 1. The van der Waals surface area contributed by atoms with E-state index in [1.807, 2.05) is 36.4 Å². The second-order valence-electron chi connectivity index (χ2n) is 5.91. The maximum atomic E-state index is 13.2. The first-order chi connectivity index (χ1) is 10.7. The SMILES string of the molecule is O=C(c1ccccc1)C1CCN(Cc2cccc(F)c2)CC1. The first-order valence-corrected chi connectivity index (χ1v) is 7.78. The van der Waals surface area contributed by atoms with Crippen molar-refractivity contribution in [2.75, 3.05) is 13.1 Å². The normalized spacial score (nSPS) is 16.6. The van der Waals surface area contributed by atoms with Crippen LogP contribution in [-0.4, -0.2) is 23.8 Å². The van der Waals surface area contributed by atoms with Gasteiger partial charge in [-0.2, -0.15) is 0 Å². The molecular weight excluding hydrogens is 277 g/mol. The Morgan fingerprint density at radius 3 is 2.45 bits per heavy atom. The van der Waals surface area contributed by atoms with E-state index >= 15 is 0 Å². The maximum absolute atomic E-state index is 13.2. The largest absolute Gasteiger partial charge is 0.299 e. The molecule has 1 aliphatic heterocycles. The van der Waals surface area contributed by atoms with Gasteiger partial charge in [0.1, 0.15) is 5.82 Å². The summed E-state index contributed by atoms with van der Waals surface area (Å²) in [7, 11) is 0. The monoisotopic (exact) mass is 297 g/mol. The lowest BCUT2D eigenvalue weighted by molar-refractivity contribution is 0.0835. The number of Topliss-reactive ketones (excluding diaryl/α,β-unsaturated/α-hetero) is 1. The minimum atomic E-state index is -0.188. The molecule has 0 atom stereocenters. The molecule has 3 heteroatoms. The molecule has 0 N–H and O–H groups in total. The number of nitrogens with zero attached hydrogens (tertiary/aromatic N) is 1. The van der Waals surface area contributed by atoms with Crippen molar-refractivity contribution < 1.29 is 9.18 Å². The van der Waals surface area contributed by atoms with Crippen molar-refractivity contribution >= 4 is 5.78 Å². The Morgan fingerprint density at radius 2 is 1.77 bits per heavy atom. The van der Waals surface area contributed by atoms with Gasteiger partial charge >= 0.3 is 0 Å². The number of ketones is 1. The van der Waals surface area contributed by atoms with Crippen LogP contribution in [-0.2, 0) is 6.54 Å². The van der Waals surface area contributed by atoms with Crippen molar-refractivity contribution in [3.63, 3.8) is 0 Å². The van der Waals surface area contributed by atoms with Gasteiger partial charge in [-0.05, 0) is 43.6 Å². The summed E-state index contributed by atoms with van der Waals surface area (Å²) in [5.41, 5.74) is 1.80. The van der Waals surface area contributed by atoms with E-state index in [0.29, 0.717) is 0 Å². The molecule has 22 heavy (non-hydrogen) atoms. The van der Waals surface area contributed by atoms with E-state index in [-0.39, 0.29) is 17.5 Å². The van der Waals surface area contributed by atoms with E-state index < -0.39 is 0 Å². The highest BCUT2D eigenvalue weighted by atomic mass is 19.1. The number of likely N-dealkylation sites (tertiary alicyclic amines) is 1. The van der Waals surface area contributed by atoms with Crippen LogP contribution < -0.4 is 0 Å². The molecule has 0 bridgehead atoms. The molecule has 0 spiro atoms. The Labute approximate surface area is 130 Å². The van der Waals surface area contributed by atoms with Gasteiger partial charge in [-0.25, -0.2) is 4.39 Å². The fourth-order valence-corrected chi connectivity index (χ4v) is 3.08. The van der Waals surface area contributed by atoms with Crippen LogP contribution in [0.25, 0.3) is 0 Å². The standard InChI is InChI=1S/C19H20FNO/c20-18-8-4-5-15(13-18)14-21-11-9-17(10-12-21)19(22)16-6-2-1-3-7-16/h1-8,13,17H,9-12,14H2. The van der Waals surface area contributed by atoms with E-state index in [4.69, 9.17) is 0 Å². The lowest BCUT2D eigenvalue weighted by atomic mass is 9.89. The Kier molecular flexibility index (Phi) is 4.64. The highest BCUT2D eigenvalue weighted by molar-refractivity contribution is 5.97. The Morgan fingerprint density at radius 1 is 1.05 bits per heavy atom. The average Bonchev–Trinajstić information content (AvgIpc) is 2.56. The van der Waals surface area contributed by atoms with Gasteiger partial charge in [0.15, 0.2) is 5.78 Å². The molecule has 0 amide bonds. The molecule has 2 aromatic rings. The van der Waals surface area contributed by atoms with Crippen LogP contribution in [0.3, 0.4) is 0 Å². The zero-order valence-corrected chi connectivity index (χ0v) is 12.5. The molecule has 114 valence electrons. The summed E-state index contributed by atoms with van der Waals surface area (Å²) in [6, 6.07) is 16.3. The number of halogens is 1. The van der Waals surface area contributed by atoms with Crippen LogP contribution in [0.4, 0.5) is 4.39 Å². The Balaban J connectivity index is 1.55. The van der Waals surface area contributed by atoms with E-state index in [1.54, 1.807) is 12.1 Å². The summed E-state index contributed by atoms with van der Waals surface area (Å²) in [5.74, 6) is 0.184. The minimum Gasteiger partial charge on any atom is -0.299 e. The van der Waals surface area contributed by atoms with Crippen LogP contribution >= 0.6 is 0 Å². The second-order valence-corrected chi connectivity index (χ2v) is 5.91. The molecule has 0 aliphatic carbocycles. The van der Waals surface area contributed by atoms with E-state index in [0.717, 1.165) is 43.6 Å². The number of hydrogen-bond donors (Lipinski definition) is 0. The van der Waals surface area contributed by atoms with Crippen molar-refractivity contribution in [3.8, 4) is 0 Å². The third kappa shape index (κ3) is 3.60. The number of hydrogen-bond acceptors (Lipinski definition) is 2. The Bertz CT molecular complexity index is 633. The molecule has 2 nitrogen and oxygen atoms in total. The molecule has 1 fully saturated rings. The van der Waals surface area contributed by atoms with Crippen molar-refractivity contribution in [1.29, 1.82) is 0 Å².